The second kappa shape index (κ2) is 10.5. The third-order valence-electron chi connectivity index (χ3n) is 4.16. The number of amides is 1. The number of aliphatic imine (C=N–C) groups is 1. The van der Waals surface area contributed by atoms with E-state index in [4.69, 9.17) is 9.47 Å². The van der Waals surface area contributed by atoms with E-state index in [0.29, 0.717) is 32.1 Å². The van der Waals surface area contributed by atoms with E-state index in [0.717, 1.165) is 30.9 Å². The Morgan fingerprint density at radius 3 is 2.81 bits per heavy atom. The number of aromatic nitrogens is 1. The summed E-state index contributed by atoms with van der Waals surface area (Å²) < 4.78 is 10.3. The molecule has 1 fully saturated rings. The number of rotatable bonds is 6. The summed E-state index contributed by atoms with van der Waals surface area (Å²) in [7, 11) is 1.61. The van der Waals surface area contributed by atoms with Gasteiger partial charge in [-0.05, 0) is 32.8 Å². The Bertz CT molecular complexity index is 600. The van der Waals surface area contributed by atoms with Crippen molar-refractivity contribution in [3.63, 3.8) is 0 Å². The van der Waals surface area contributed by atoms with Gasteiger partial charge in [-0.15, -0.1) is 0 Å². The fourth-order valence-corrected chi connectivity index (χ4v) is 2.83. The number of carbonyl (C=O) groups excluding carboxylic acids is 1. The summed E-state index contributed by atoms with van der Waals surface area (Å²) in [5.41, 5.74) is 0.935. The molecule has 0 saturated carbocycles. The van der Waals surface area contributed by atoms with E-state index in [1.54, 1.807) is 18.2 Å². The lowest BCUT2D eigenvalue weighted by molar-refractivity contribution is 0.0963. The van der Waals surface area contributed by atoms with E-state index in [-0.39, 0.29) is 12.1 Å². The fourth-order valence-electron chi connectivity index (χ4n) is 2.83. The minimum absolute atomic E-state index is 0.227. The number of piperidine rings is 1. The number of methoxy groups -OCH3 is 1. The van der Waals surface area contributed by atoms with Gasteiger partial charge in [0.15, 0.2) is 5.96 Å². The Kier molecular flexibility index (Phi) is 7.98. The van der Waals surface area contributed by atoms with Gasteiger partial charge in [-0.3, -0.25) is 0 Å². The Labute approximate surface area is 155 Å². The second-order valence-electron chi connectivity index (χ2n) is 5.97. The number of pyridine rings is 1. The zero-order chi connectivity index (χ0) is 18.8. The molecular weight excluding hydrogens is 334 g/mol. The van der Waals surface area contributed by atoms with Gasteiger partial charge in [0.2, 0.25) is 5.88 Å². The molecule has 0 bridgehead atoms. The standard InChI is InChI=1S/C18H29N5O3/c1-4-19-17(21-13-14-7-6-10-20-16(14)25-3)22-15-8-11-23(12-9-15)18(24)26-5-2/h6-7,10,15H,4-5,8-9,11-13H2,1-3H3,(H2,19,21,22). The molecule has 1 aromatic heterocycles. The van der Waals surface area contributed by atoms with Gasteiger partial charge in [0.25, 0.3) is 0 Å². The summed E-state index contributed by atoms with van der Waals surface area (Å²) in [4.78, 5) is 22.4. The molecule has 1 aliphatic heterocycles. The maximum absolute atomic E-state index is 11.8. The molecule has 26 heavy (non-hydrogen) atoms. The lowest BCUT2D eigenvalue weighted by Crippen LogP contribution is -2.49. The van der Waals surface area contributed by atoms with Crippen LogP contribution in [-0.4, -0.2) is 61.3 Å². The second-order valence-corrected chi connectivity index (χ2v) is 5.97. The van der Waals surface area contributed by atoms with Crippen molar-refractivity contribution in [2.24, 2.45) is 4.99 Å². The Morgan fingerprint density at radius 2 is 2.15 bits per heavy atom. The van der Waals surface area contributed by atoms with Crippen LogP contribution in [0, 0.1) is 0 Å². The number of likely N-dealkylation sites (tertiary alicyclic amines) is 1. The molecule has 0 aromatic carbocycles. The molecular formula is C18H29N5O3. The van der Waals surface area contributed by atoms with Crippen molar-refractivity contribution in [2.75, 3.05) is 33.4 Å². The van der Waals surface area contributed by atoms with Gasteiger partial charge in [0, 0.05) is 37.4 Å². The van der Waals surface area contributed by atoms with Gasteiger partial charge >= 0.3 is 6.09 Å². The molecule has 0 aliphatic carbocycles. The van der Waals surface area contributed by atoms with Gasteiger partial charge in [-0.1, -0.05) is 6.07 Å². The first-order valence-corrected chi connectivity index (χ1v) is 9.12. The normalized spacial score (nSPS) is 15.5. The highest BCUT2D eigenvalue weighted by atomic mass is 16.6. The first-order chi connectivity index (χ1) is 12.7. The molecule has 2 N–H and O–H groups in total. The maximum Gasteiger partial charge on any atom is 0.409 e. The van der Waals surface area contributed by atoms with Crippen molar-refractivity contribution < 1.29 is 14.3 Å². The topological polar surface area (TPSA) is 88.1 Å². The Hall–Kier alpha value is -2.51. The van der Waals surface area contributed by atoms with Crippen LogP contribution in [0.15, 0.2) is 23.3 Å². The van der Waals surface area contributed by atoms with Crippen molar-refractivity contribution in [3.05, 3.63) is 23.9 Å². The van der Waals surface area contributed by atoms with E-state index in [1.165, 1.54) is 0 Å². The van der Waals surface area contributed by atoms with Crippen LogP contribution in [0.25, 0.3) is 0 Å². The molecule has 2 rings (SSSR count). The SMILES string of the molecule is CCNC(=NCc1cccnc1OC)NC1CCN(C(=O)OCC)CC1. The molecule has 1 aliphatic rings. The summed E-state index contributed by atoms with van der Waals surface area (Å²) in [6, 6.07) is 4.10. The zero-order valence-electron chi connectivity index (χ0n) is 15.8. The maximum atomic E-state index is 11.8. The first kappa shape index (κ1) is 19.8. The summed E-state index contributed by atoms with van der Waals surface area (Å²) in [5, 5.41) is 6.72. The van der Waals surface area contributed by atoms with Gasteiger partial charge in [0.05, 0.1) is 20.3 Å². The number of guanidine groups is 1. The van der Waals surface area contributed by atoms with Crippen molar-refractivity contribution in [1.29, 1.82) is 0 Å². The van der Waals surface area contributed by atoms with Crippen LogP contribution < -0.4 is 15.4 Å². The van der Waals surface area contributed by atoms with Crippen molar-refractivity contribution in [1.82, 2.24) is 20.5 Å². The van der Waals surface area contributed by atoms with Crippen molar-refractivity contribution in [2.45, 2.75) is 39.3 Å². The highest BCUT2D eigenvalue weighted by Crippen LogP contribution is 2.15. The molecule has 0 radical (unpaired) electrons. The summed E-state index contributed by atoms with van der Waals surface area (Å²) in [6.45, 7) is 6.89. The summed E-state index contributed by atoms with van der Waals surface area (Å²) in [6.07, 6.45) is 3.20. The highest BCUT2D eigenvalue weighted by molar-refractivity contribution is 5.80. The predicted octanol–water partition coefficient (Wildman–Crippen LogP) is 1.77. The average Bonchev–Trinajstić information content (AvgIpc) is 2.67. The highest BCUT2D eigenvalue weighted by Gasteiger charge is 2.24. The van der Waals surface area contributed by atoms with Gasteiger partial charge in [-0.25, -0.2) is 14.8 Å². The Balaban J connectivity index is 1.91. The lowest BCUT2D eigenvalue weighted by atomic mass is 10.1. The van der Waals surface area contributed by atoms with Crippen molar-refractivity contribution >= 4 is 12.1 Å². The molecule has 1 aromatic rings. The van der Waals surface area contributed by atoms with Crippen molar-refractivity contribution in [3.8, 4) is 5.88 Å². The van der Waals surface area contributed by atoms with E-state index >= 15 is 0 Å². The molecule has 2 heterocycles. The van der Waals surface area contributed by atoms with E-state index in [9.17, 15) is 4.79 Å². The summed E-state index contributed by atoms with van der Waals surface area (Å²) >= 11 is 0. The molecule has 8 nitrogen and oxygen atoms in total. The van der Waals surface area contributed by atoms with Crippen LogP contribution in [0.1, 0.15) is 32.3 Å². The van der Waals surface area contributed by atoms with Crippen LogP contribution in [0.4, 0.5) is 4.79 Å². The average molecular weight is 363 g/mol. The number of carbonyl (C=O) groups is 1. The van der Waals surface area contributed by atoms with Gasteiger partial charge in [0.1, 0.15) is 0 Å². The number of nitrogens with zero attached hydrogens (tertiary/aromatic N) is 3. The molecule has 144 valence electrons. The Morgan fingerprint density at radius 1 is 1.38 bits per heavy atom. The van der Waals surface area contributed by atoms with Crippen LogP contribution in [0.5, 0.6) is 5.88 Å². The molecule has 1 saturated heterocycles. The van der Waals surface area contributed by atoms with E-state index < -0.39 is 0 Å². The van der Waals surface area contributed by atoms with E-state index in [1.807, 2.05) is 26.0 Å². The third kappa shape index (κ3) is 5.79. The summed E-state index contributed by atoms with van der Waals surface area (Å²) in [5.74, 6) is 1.35. The van der Waals surface area contributed by atoms with Crippen LogP contribution >= 0.6 is 0 Å². The molecule has 8 heteroatoms. The lowest BCUT2D eigenvalue weighted by Gasteiger charge is -2.32. The van der Waals surface area contributed by atoms with E-state index in [2.05, 4.69) is 20.6 Å². The molecule has 0 atom stereocenters. The van der Waals surface area contributed by atoms with Gasteiger partial charge < -0.3 is 25.0 Å². The molecule has 0 spiro atoms. The van der Waals surface area contributed by atoms with Crippen LogP contribution in [0.3, 0.4) is 0 Å². The minimum atomic E-state index is -0.227. The number of hydrogen-bond donors (Lipinski definition) is 2. The number of hydrogen-bond acceptors (Lipinski definition) is 5. The fraction of sp³-hybridized carbons (Fsp3) is 0.611. The minimum Gasteiger partial charge on any atom is -0.481 e. The smallest absolute Gasteiger partial charge is 0.409 e. The molecule has 1 amide bonds. The number of ether oxygens (including phenoxy) is 2. The largest absolute Gasteiger partial charge is 0.481 e. The van der Waals surface area contributed by atoms with Gasteiger partial charge in [-0.2, -0.15) is 0 Å². The number of nitrogens with one attached hydrogen (secondary N) is 2. The third-order valence-corrected chi connectivity index (χ3v) is 4.16. The predicted molar refractivity (Wildman–Crippen MR) is 100 cm³/mol. The zero-order valence-corrected chi connectivity index (χ0v) is 15.8. The first-order valence-electron chi connectivity index (χ1n) is 9.12. The van der Waals surface area contributed by atoms with Crippen LogP contribution in [-0.2, 0) is 11.3 Å². The molecule has 0 unspecified atom stereocenters. The monoisotopic (exact) mass is 363 g/mol. The quantitative estimate of drug-likeness (QED) is 0.592. The van der Waals surface area contributed by atoms with Crippen LogP contribution in [0.2, 0.25) is 0 Å².